The molecule has 2 N–H and O–H groups in total. The number of methoxy groups -OCH3 is 1. The highest BCUT2D eigenvalue weighted by atomic mass is 32.1. The summed E-state index contributed by atoms with van der Waals surface area (Å²) < 4.78 is 9.63. The maximum atomic E-state index is 12.4. The van der Waals surface area contributed by atoms with Crippen molar-refractivity contribution in [2.75, 3.05) is 25.5 Å². The van der Waals surface area contributed by atoms with Crippen molar-refractivity contribution in [1.82, 2.24) is 9.69 Å². The monoisotopic (exact) mass is 331 g/mol. The number of benzene rings is 1. The lowest BCUT2D eigenvalue weighted by atomic mass is 9.96. The highest BCUT2D eigenvalue weighted by Gasteiger charge is 2.18. The van der Waals surface area contributed by atoms with Gasteiger partial charge in [0.1, 0.15) is 10.8 Å². The predicted molar refractivity (Wildman–Crippen MR) is 92.5 cm³/mol. The van der Waals surface area contributed by atoms with E-state index in [9.17, 15) is 4.79 Å². The Labute approximate surface area is 140 Å². The number of carbonyl (C=O) groups is 1. The second kappa shape index (κ2) is 7.10. The summed E-state index contributed by atoms with van der Waals surface area (Å²) in [6.07, 6.45) is 2.09. The molecule has 1 fully saturated rings. The number of rotatable bonds is 5. The van der Waals surface area contributed by atoms with Gasteiger partial charge in [0, 0.05) is 5.56 Å². The zero-order valence-corrected chi connectivity index (χ0v) is 14.2. The number of carbonyl (C=O) groups excluding carboxylic acids is 1. The van der Waals surface area contributed by atoms with Crippen molar-refractivity contribution in [3.63, 3.8) is 0 Å². The molecule has 1 aliphatic heterocycles. The molecule has 0 saturated carbocycles. The van der Waals surface area contributed by atoms with Crippen LogP contribution in [0.3, 0.4) is 0 Å². The van der Waals surface area contributed by atoms with Crippen molar-refractivity contribution in [2.45, 2.75) is 19.8 Å². The molecule has 2 aromatic rings. The van der Waals surface area contributed by atoms with Crippen molar-refractivity contribution < 1.29 is 9.53 Å². The second-order valence-electron chi connectivity index (χ2n) is 5.88. The average Bonchev–Trinajstić information content (AvgIpc) is 3.19. The van der Waals surface area contributed by atoms with Crippen molar-refractivity contribution in [3.8, 4) is 5.75 Å². The van der Waals surface area contributed by atoms with Crippen molar-refractivity contribution in [2.24, 2.45) is 5.92 Å². The number of nitrogens with zero attached hydrogens (tertiary/aromatic N) is 1. The second-order valence-corrected chi connectivity index (χ2v) is 6.68. The van der Waals surface area contributed by atoms with E-state index in [2.05, 4.69) is 15.0 Å². The van der Waals surface area contributed by atoms with Gasteiger partial charge < -0.3 is 15.4 Å². The molecule has 1 atom stereocenters. The first-order valence-electron chi connectivity index (χ1n) is 7.78. The van der Waals surface area contributed by atoms with E-state index >= 15 is 0 Å². The van der Waals surface area contributed by atoms with E-state index in [1.807, 2.05) is 25.1 Å². The summed E-state index contributed by atoms with van der Waals surface area (Å²) in [6, 6.07) is 7.50. The average molecular weight is 331 g/mol. The number of hydrogen-bond acceptors (Lipinski definition) is 5. The van der Waals surface area contributed by atoms with Crippen molar-refractivity contribution in [1.29, 1.82) is 0 Å². The Morgan fingerprint density at radius 2 is 2.35 bits per heavy atom. The van der Waals surface area contributed by atoms with Crippen LogP contribution in [0.4, 0.5) is 5.00 Å². The molecule has 6 heteroatoms. The van der Waals surface area contributed by atoms with E-state index in [0.29, 0.717) is 11.5 Å². The molecule has 5 nitrogen and oxygen atoms in total. The van der Waals surface area contributed by atoms with Gasteiger partial charge in [-0.25, -0.2) is 0 Å². The minimum absolute atomic E-state index is 0.109. The molecular weight excluding hydrogens is 310 g/mol. The van der Waals surface area contributed by atoms with E-state index < -0.39 is 0 Å². The summed E-state index contributed by atoms with van der Waals surface area (Å²) in [6.45, 7) is 4.00. The lowest BCUT2D eigenvalue weighted by molar-refractivity contribution is 0.102. The summed E-state index contributed by atoms with van der Waals surface area (Å²) in [5.74, 6) is 1.34. The molecule has 23 heavy (non-hydrogen) atoms. The van der Waals surface area contributed by atoms with E-state index in [-0.39, 0.29) is 5.91 Å². The molecule has 0 spiro atoms. The van der Waals surface area contributed by atoms with Crippen LogP contribution in [-0.2, 0) is 6.42 Å². The van der Waals surface area contributed by atoms with Gasteiger partial charge in [0.15, 0.2) is 0 Å². The molecule has 1 amide bonds. The molecule has 0 aliphatic carbocycles. The fourth-order valence-corrected chi connectivity index (χ4v) is 3.54. The molecule has 1 saturated heterocycles. The van der Waals surface area contributed by atoms with Gasteiger partial charge in [0.05, 0.1) is 12.8 Å². The van der Waals surface area contributed by atoms with Crippen LogP contribution in [0, 0.1) is 12.8 Å². The van der Waals surface area contributed by atoms with E-state index in [4.69, 9.17) is 4.74 Å². The van der Waals surface area contributed by atoms with E-state index in [1.165, 1.54) is 18.0 Å². The molecular formula is C17H21N3O2S. The minimum Gasteiger partial charge on any atom is -0.496 e. The number of ether oxygens (including phenoxy) is 1. The molecule has 1 aromatic carbocycles. The van der Waals surface area contributed by atoms with Gasteiger partial charge in [0.25, 0.3) is 5.91 Å². The summed E-state index contributed by atoms with van der Waals surface area (Å²) in [4.78, 5) is 12.4. The molecule has 1 aromatic heterocycles. The van der Waals surface area contributed by atoms with Crippen LogP contribution in [0.15, 0.2) is 24.3 Å². The number of anilines is 1. The van der Waals surface area contributed by atoms with Crippen molar-refractivity contribution in [3.05, 3.63) is 41.1 Å². The number of aryl methyl sites for hydroxylation is 1. The molecule has 1 aliphatic rings. The summed E-state index contributed by atoms with van der Waals surface area (Å²) >= 11 is 1.30. The number of hydrogen-bond donors (Lipinski definition) is 2. The third kappa shape index (κ3) is 3.89. The van der Waals surface area contributed by atoms with Gasteiger partial charge in [-0.3, -0.25) is 4.79 Å². The lowest BCUT2D eigenvalue weighted by Gasteiger charge is -2.14. The quantitative estimate of drug-likeness (QED) is 0.884. The molecule has 2 heterocycles. The SMILES string of the molecule is COc1ccc(C(=O)Nc2cc(C)ns2)cc1CC1CCNC1. The number of nitrogens with one attached hydrogen (secondary N) is 2. The van der Waals surface area contributed by atoms with Crippen LogP contribution in [-0.4, -0.2) is 30.5 Å². The number of aromatic nitrogens is 1. The van der Waals surface area contributed by atoms with Gasteiger partial charge in [0.2, 0.25) is 0 Å². The van der Waals surface area contributed by atoms with Gasteiger partial charge >= 0.3 is 0 Å². The highest BCUT2D eigenvalue weighted by Crippen LogP contribution is 2.26. The first kappa shape index (κ1) is 16.0. The highest BCUT2D eigenvalue weighted by molar-refractivity contribution is 7.10. The smallest absolute Gasteiger partial charge is 0.256 e. The zero-order valence-electron chi connectivity index (χ0n) is 13.4. The molecule has 3 rings (SSSR count). The minimum atomic E-state index is -0.109. The van der Waals surface area contributed by atoms with Crippen LogP contribution in [0.1, 0.15) is 28.0 Å². The Kier molecular flexibility index (Phi) is 4.93. The van der Waals surface area contributed by atoms with Crippen LogP contribution < -0.4 is 15.4 Å². The normalized spacial score (nSPS) is 17.2. The largest absolute Gasteiger partial charge is 0.496 e. The molecule has 0 bridgehead atoms. The maximum Gasteiger partial charge on any atom is 0.256 e. The van der Waals surface area contributed by atoms with E-state index in [0.717, 1.165) is 41.5 Å². The Morgan fingerprint density at radius 1 is 1.48 bits per heavy atom. The maximum absolute atomic E-state index is 12.4. The third-order valence-corrected chi connectivity index (χ3v) is 4.87. The predicted octanol–water partition coefficient (Wildman–Crippen LogP) is 2.86. The van der Waals surface area contributed by atoms with Gasteiger partial charge in [-0.05, 0) is 80.1 Å². The Balaban J connectivity index is 1.77. The fourth-order valence-electron chi connectivity index (χ4n) is 2.89. The number of amides is 1. The van der Waals surface area contributed by atoms with E-state index in [1.54, 1.807) is 13.2 Å². The van der Waals surface area contributed by atoms with Crippen LogP contribution in [0.25, 0.3) is 0 Å². The Hall–Kier alpha value is -1.92. The first-order chi connectivity index (χ1) is 11.2. The molecule has 1 unspecified atom stereocenters. The van der Waals surface area contributed by atoms with Crippen LogP contribution >= 0.6 is 11.5 Å². The fraction of sp³-hybridized carbons (Fsp3) is 0.412. The van der Waals surface area contributed by atoms with Gasteiger partial charge in [-0.15, -0.1) is 0 Å². The van der Waals surface area contributed by atoms with Gasteiger partial charge in [-0.1, -0.05) is 0 Å². The molecule has 122 valence electrons. The summed E-state index contributed by atoms with van der Waals surface area (Å²) in [5, 5.41) is 7.05. The summed E-state index contributed by atoms with van der Waals surface area (Å²) in [7, 11) is 1.67. The van der Waals surface area contributed by atoms with Crippen molar-refractivity contribution >= 4 is 22.4 Å². The van der Waals surface area contributed by atoms with Crippen LogP contribution in [0.2, 0.25) is 0 Å². The lowest BCUT2D eigenvalue weighted by Crippen LogP contribution is -2.14. The standard InChI is InChI=1S/C17H21N3O2S/c1-11-7-16(23-20-11)19-17(21)13-3-4-15(22-2)14(9-13)8-12-5-6-18-10-12/h3-4,7,9,12,18H,5-6,8,10H2,1-2H3,(H,19,21). The Bertz CT molecular complexity index is 693. The first-order valence-corrected chi connectivity index (χ1v) is 8.55. The zero-order chi connectivity index (χ0) is 16.2. The Morgan fingerprint density at radius 3 is 3.00 bits per heavy atom. The van der Waals surface area contributed by atoms with Crippen LogP contribution in [0.5, 0.6) is 5.75 Å². The summed E-state index contributed by atoms with van der Waals surface area (Å²) in [5.41, 5.74) is 2.65. The molecule has 0 radical (unpaired) electrons. The third-order valence-electron chi connectivity index (χ3n) is 4.08. The topological polar surface area (TPSA) is 63.2 Å². The van der Waals surface area contributed by atoms with Gasteiger partial charge in [-0.2, -0.15) is 4.37 Å².